The molecule has 10 nitrogen and oxygen atoms in total. The average Bonchev–Trinajstić information content (AvgIpc) is 3.12. The molecule has 4 aromatic rings. The third kappa shape index (κ3) is 13.0. The van der Waals surface area contributed by atoms with Gasteiger partial charge in [-0.25, -0.2) is 9.59 Å². The van der Waals surface area contributed by atoms with Crippen LogP contribution in [-0.4, -0.2) is 48.7 Å². The molecule has 0 fully saturated rings. The summed E-state index contributed by atoms with van der Waals surface area (Å²) in [5.74, 6) is -0.580. The second kappa shape index (κ2) is 19.8. The molecule has 0 aliphatic rings. The van der Waals surface area contributed by atoms with Crippen molar-refractivity contribution in [2.24, 2.45) is 0 Å². The molecule has 10 heteroatoms. The largest absolute Gasteiger partial charge is 0.482 e. The zero-order valence-corrected chi connectivity index (χ0v) is 27.5. The van der Waals surface area contributed by atoms with E-state index in [0.29, 0.717) is 42.3 Å². The molecule has 48 heavy (non-hydrogen) atoms. The quantitative estimate of drug-likeness (QED) is 0.138. The van der Waals surface area contributed by atoms with Crippen molar-refractivity contribution in [2.45, 2.75) is 46.7 Å². The van der Waals surface area contributed by atoms with Crippen LogP contribution in [0.3, 0.4) is 0 Å². The van der Waals surface area contributed by atoms with Gasteiger partial charge in [0.1, 0.15) is 11.5 Å². The molecule has 0 aliphatic carbocycles. The summed E-state index contributed by atoms with van der Waals surface area (Å²) in [5.41, 5.74) is 5.52. The molecule has 0 spiro atoms. The highest BCUT2D eigenvalue weighted by molar-refractivity contribution is 5.94. The minimum Gasteiger partial charge on any atom is -0.482 e. The Balaban J connectivity index is 0.000000261. The van der Waals surface area contributed by atoms with Crippen molar-refractivity contribution < 1.29 is 38.5 Å². The number of aryl methyl sites for hydroxylation is 2. The molecule has 3 N–H and O–H groups in total. The monoisotopic (exact) mass is 654 g/mol. The summed E-state index contributed by atoms with van der Waals surface area (Å²) in [6.07, 6.45) is 1.89. The number of nitrogens with one attached hydrogen (secondary N) is 2. The molecule has 0 aliphatic heterocycles. The van der Waals surface area contributed by atoms with Gasteiger partial charge in [0.15, 0.2) is 13.2 Å². The van der Waals surface area contributed by atoms with Crippen molar-refractivity contribution >= 4 is 23.8 Å². The number of amides is 2. The van der Waals surface area contributed by atoms with Gasteiger partial charge in [-0.15, -0.1) is 0 Å². The number of carbonyl (C=O) groups excluding carboxylic acids is 3. The van der Waals surface area contributed by atoms with E-state index in [1.807, 2.05) is 60.7 Å². The first-order valence-electron chi connectivity index (χ1n) is 15.8. The van der Waals surface area contributed by atoms with Crippen molar-refractivity contribution in [1.82, 2.24) is 10.6 Å². The number of carbonyl (C=O) groups is 4. The minimum atomic E-state index is -1.02. The van der Waals surface area contributed by atoms with Crippen LogP contribution in [0.2, 0.25) is 0 Å². The SMILES string of the molecule is CCOC(=O)COc1ccc(CNC(=O)c2ccc(CC)cc2)cc1.CCc1ccc(C(=O)NCc2ccc(OCC(=O)O)cc2)cc1. The van der Waals surface area contributed by atoms with E-state index in [1.165, 1.54) is 11.1 Å². The standard InChI is InChI=1S/C20H23NO4.C18H19NO4/c1-3-15-5-9-17(10-6-15)20(23)21-13-16-7-11-18(12-8-16)25-14-19(22)24-4-2;1-2-13-3-7-15(8-4-13)18(22)19-11-14-5-9-16(10-6-14)23-12-17(20)21/h5-12H,3-4,13-14H2,1-2H3,(H,21,23);3-10H,2,11-12H2,1H3,(H,19,22)(H,20,21). The van der Waals surface area contributed by atoms with E-state index in [9.17, 15) is 19.2 Å². The molecule has 4 rings (SSSR count). The van der Waals surface area contributed by atoms with Crippen LogP contribution in [0.25, 0.3) is 0 Å². The summed E-state index contributed by atoms with van der Waals surface area (Å²) in [6.45, 7) is 6.57. The number of hydrogen-bond donors (Lipinski definition) is 3. The lowest BCUT2D eigenvalue weighted by Crippen LogP contribution is -2.22. The van der Waals surface area contributed by atoms with Crippen molar-refractivity contribution in [2.75, 3.05) is 19.8 Å². The van der Waals surface area contributed by atoms with E-state index < -0.39 is 11.9 Å². The van der Waals surface area contributed by atoms with Crippen LogP contribution in [0.5, 0.6) is 11.5 Å². The van der Waals surface area contributed by atoms with Gasteiger partial charge in [0.05, 0.1) is 6.61 Å². The fourth-order valence-corrected chi connectivity index (χ4v) is 4.25. The summed E-state index contributed by atoms with van der Waals surface area (Å²) < 4.78 is 15.2. The molecule has 2 amide bonds. The Morgan fingerprint density at radius 2 is 0.917 bits per heavy atom. The zero-order valence-electron chi connectivity index (χ0n) is 27.5. The summed E-state index contributed by atoms with van der Waals surface area (Å²) >= 11 is 0. The highest BCUT2D eigenvalue weighted by atomic mass is 16.6. The Labute approximate surface area is 281 Å². The van der Waals surface area contributed by atoms with Crippen molar-refractivity contribution in [3.8, 4) is 11.5 Å². The molecule has 4 aromatic carbocycles. The smallest absolute Gasteiger partial charge is 0.344 e. The van der Waals surface area contributed by atoms with Crippen molar-refractivity contribution in [3.63, 3.8) is 0 Å². The predicted molar refractivity (Wildman–Crippen MR) is 182 cm³/mol. The maximum atomic E-state index is 12.1. The predicted octanol–water partition coefficient (Wildman–Crippen LogP) is 5.76. The number of benzene rings is 4. The number of ether oxygens (including phenoxy) is 3. The van der Waals surface area contributed by atoms with E-state index in [-0.39, 0.29) is 25.0 Å². The molecular weight excluding hydrogens is 612 g/mol. The van der Waals surface area contributed by atoms with Crippen LogP contribution in [0, 0.1) is 0 Å². The minimum absolute atomic E-state index is 0.106. The summed E-state index contributed by atoms with van der Waals surface area (Å²) in [6, 6.07) is 29.3. The third-order valence-corrected chi connectivity index (χ3v) is 7.03. The molecule has 0 aromatic heterocycles. The Morgan fingerprint density at radius 3 is 1.27 bits per heavy atom. The average molecular weight is 655 g/mol. The van der Waals surface area contributed by atoms with Crippen LogP contribution in [-0.2, 0) is 40.3 Å². The Hall–Kier alpha value is -5.64. The van der Waals surface area contributed by atoms with Gasteiger partial charge in [-0.3, -0.25) is 9.59 Å². The Kier molecular flexibility index (Phi) is 15.2. The van der Waals surface area contributed by atoms with E-state index in [2.05, 4.69) is 24.5 Å². The van der Waals surface area contributed by atoms with E-state index in [1.54, 1.807) is 43.3 Å². The first-order valence-corrected chi connectivity index (χ1v) is 15.8. The van der Waals surface area contributed by atoms with Gasteiger partial charge in [-0.2, -0.15) is 0 Å². The van der Waals surface area contributed by atoms with Crippen molar-refractivity contribution in [3.05, 3.63) is 130 Å². The highest BCUT2D eigenvalue weighted by Crippen LogP contribution is 2.14. The fraction of sp³-hybridized carbons (Fsp3) is 0.263. The van der Waals surface area contributed by atoms with Crippen LogP contribution >= 0.6 is 0 Å². The lowest BCUT2D eigenvalue weighted by Gasteiger charge is -2.08. The summed E-state index contributed by atoms with van der Waals surface area (Å²) in [4.78, 5) is 45.9. The fourth-order valence-electron chi connectivity index (χ4n) is 4.25. The lowest BCUT2D eigenvalue weighted by molar-refractivity contribution is -0.145. The van der Waals surface area contributed by atoms with Gasteiger partial charge in [0, 0.05) is 24.2 Å². The van der Waals surface area contributed by atoms with E-state index >= 15 is 0 Å². The molecular formula is C38H42N2O8. The van der Waals surface area contributed by atoms with Gasteiger partial charge < -0.3 is 30.0 Å². The molecule has 0 saturated carbocycles. The molecule has 0 radical (unpaired) electrons. The first kappa shape index (κ1) is 36.8. The van der Waals surface area contributed by atoms with E-state index in [0.717, 1.165) is 24.0 Å². The van der Waals surface area contributed by atoms with Crippen LogP contribution in [0.4, 0.5) is 0 Å². The maximum absolute atomic E-state index is 12.1. The molecule has 0 unspecified atom stereocenters. The summed E-state index contributed by atoms with van der Waals surface area (Å²) in [5, 5.41) is 14.3. The van der Waals surface area contributed by atoms with Gasteiger partial charge in [0.2, 0.25) is 0 Å². The summed E-state index contributed by atoms with van der Waals surface area (Å²) in [7, 11) is 0. The normalized spacial score (nSPS) is 10.1. The number of rotatable bonds is 15. The van der Waals surface area contributed by atoms with E-state index in [4.69, 9.17) is 19.3 Å². The van der Waals surface area contributed by atoms with Crippen LogP contribution < -0.4 is 20.1 Å². The maximum Gasteiger partial charge on any atom is 0.344 e. The number of carboxylic acid groups (broad SMARTS) is 1. The molecule has 0 atom stereocenters. The zero-order chi connectivity index (χ0) is 34.7. The molecule has 252 valence electrons. The lowest BCUT2D eigenvalue weighted by atomic mass is 10.1. The van der Waals surface area contributed by atoms with Gasteiger partial charge >= 0.3 is 11.9 Å². The number of esters is 1. The molecule has 0 saturated heterocycles. The second-order valence-electron chi connectivity index (χ2n) is 10.5. The highest BCUT2D eigenvalue weighted by Gasteiger charge is 2.08. The Bertz CT molecular complexity index is 1600. The number of aliphatic carboxylic acids is 1. The van der Waals surface area contributed by atoms with Gasteiger partial charge in [-0.05, 0) is 90.6 Å². The topological polar surface area (TPSA) is 140 Å². The second-order valence-corrected chi connectivity index (χ2v) is 10.5. The van der Waals surface area contributed by atoms with Crippen LogP contribution in [0.15, 0.2) is 97.1 Å². The Morgan fingerprint density at radius 1 is 0.542 bits per heavy atom. The molecule has 0 bridgehead atoms. The van der Waals surface area contributed by atoms with Crippen molar-refractivity contribution in [1.29, 1.82) is 0 Å². The number of hydrogen-bond acceptors (Lipinski definition) is 7. The van der Waals surface area contributed by atoms with Gasteiger partial charge in [-0.1, -0.05) is 62.4 Å². The first-order chi connectivity index (χ1) is 23.2. The van der Waals surface area contributed by atoms with Crippen LogP contribution in [0.1, 0.15) is 63.7 Å². The third-order valence-electron chi connectivity index (χ3n) is 7.03. The molecule has 0 heterocycles. The number of carboxylic acids is 1. The van der Waals surface area contributed by atoms with Gasteiger partial charge in [0.25, 0.3) is 11.8 Å².